The van der Waals surface area contributed by atoms with Gasteiger partial charge in [0.05, 0.1) is 11.6 Å². The van der Waals surface area contributed by atoms with E-state index in [1.54, 1.807) is 0 Å². The molecule has 3 heteroatoms. The van der Waals surface area contributed by atoms with Gasteiger partial charge in [-0.25, -0.2) is 0 Å². The second-order valence-corrected chi connectivity index (χ2v) is 5.61. The fourth-order valence-corrected chi connectivity index (χ4v) is 2.49. The minimum Gasteiger partial charge on any atom is -0.489 e. The van der Waals surface area contributed by atoms with Crippen LogP contribution in [0.2, 0.25) is 0 Å². The maximum absolute atomic E-state index is 9.08. The van der Waals surface area contributed by atoms with Crippen LogP contribution in [-0.4, -0.2) is 0 Å². The van der Waals surface area contributed by atoms with Gasteiger partial charge in [0.1, 0.15) is 12.4 Å². The zero-order valence-corrected chi connectivity index (χ0v) is 13.4. The second kappa shape index (κ2) is 6.11. The fraction of sp³-hybridized carbons (Fsp3) is 0.235. The standard InChI is InChI=1S/C17H16BrNO/c1-11-8-16(12(2)13(3)17(11)18)20-10-15-7-5-4-6-14(15)9-19/h4-8H,10H2,1-3H3. The number of aryl methyl sites for hydroxylation is 1. The smallest absolute Gasteiger partial charge is 0.123 e. The SMILES string of the molecule is Cc1cc(OCc2ccccc2C#N)c(C)c(C)c1Br. The molecule has 2 aromatic carbocycles. The summed E-state index contributed by atoms with van der Waals surface area (Å²) in [6, 6.07) is 11.7. The zero-order chi connectivity index (χ0) is 14.7. The van der Waals surface area contributed by atoms with Crippen LogP contribution in [0.1, 0.15) is 27.8 Å². The van der Waals surface area contributed by atoms with E-state index in [0.717, 1.165) is 26.9 Å². The lowest BCUT2D eigenvalue weighted by Crippen LogP contribution is -2.01. The first kappa shape index (κ1) is 14.6. The van der Waals surface area contributed by atoms with Gasteiger partial charge >= 0.3 is 0 Å². The minimum absolute atomic E-state index is 0.408. The molecule has 2 nitrogen and oxygen atoms in total. The third-order valence-electron chi connectivity index (χ3n) is 3.48. The van der Waals surface area contributed by atoms with E-state index in [1.807, 2.05) is 44.2 Å². The van der Waals surface area contributed by atoms with Crippen molar-refractivity contribution in [2.75, 3.05) is 0 Å². The zero-order valence-electron chi connectivity index (χ0n) is 11.8. The molecule has 102 valence electrons. The Hall–Kier alpha value is -1.79. The first-order valence-corrected chi connectivity index (χ1v) is 7.21. The summed E-state index contributed by atoms with van der Waals surface area (Å²) in [7, 11) is 0. The van der Waals surface area contributed by atoms with Gasteiger partial charge in [-0.05, 0) is 49.6 Å². The maximum Gasteiger partial charge on any atom is 0.123 e. The van der Waals surface area contributed by atoms with Crippen molar-refractivity contribution in [1.29, 1.82) is 5.26 Å². The summed E-state index contributed by atoms with van der Waals surface area (Å²) in [4.78, 5) is 0. The van der Waals surface area contributed by atoms with Gasteiger partial charge in [-0.2, -0.15) is 5.26 Å². The summed E-state index contributed by atoms with van der Waals surface area (Å²) in [6.07, 6.45) is 0. The van der Waals surface area contributed by atoms with Crippen molar-refractivity contribution in [3.63, 3.8) is 0 Å². The molecule has 0 radical (unpaired) electrons. The van der Waals surface area contributed by atoms with Crippen LogP contribution < -0.4 is 4.74 Å². The Labute approximate surface area is 128 Å². The molecule has 0 aliphatic heterocycles. The molecular weight excluding hydrogens is 314 g/mol. The van der Waals surface area contributed by atoms with Crippen LogP contribution in [-0.2, 0) is 6.61 Å². The topological polar surface area (TPSA) is 33.0 Å². The summed E-state index contributed by atoms with van der Waals surface area (Å²) in [5.41, 5.74) is 5.03. The Balaban J connectivity index is 2.26. The monoisotopic (exact) mass is 329 g/mol. The quantitative estimate of drug-likeness (QED) is 0.808. The Kier molecular flexibility index (Phi) is 4.46. The molecular formula is C17H16BrNO. The van der Waals surface area contributed by atoms with Gasteiger partial charge in [-0.3, -0.25) is 0 Å². The second-order valence-electron chi connectivity index (χ2n) is 4.81. The van der Waals surface area contributed by atoms with Gasteiger partial charge in [0.25, 0.3) is 0 Å². The first-order valence-electron chi connectivity index (χ1n) is 6.41. The van der Waals surface area contributed by atoms with E-state index >= 15 is 0 Å². The lowest BCUT2D eigenvalue weighted by molar-refractivity contribution is 0.303. The molecule has 0 amide bonds. The van der Waals surface area contributed by atoms with Gasteiger partial charge in [0.15, 0.2) is 0 Å². The molecule has 0 unspecified atom stereocenters. The number of hydrogen-bond donors (Lipinski definition) is 0. The Morgan fingerprint density at radius 1 is 1.15 bits per heavy atom. The van der Waals surface area contributed by atoms with Crippen molar-refractivity contribution in [2.45, 2.75) is 27.4 Å². The van der Waals surface area contributed by atoms with Crippen LogP contribution in [0.4, 0.5) is 0 Å². The van der Waals surface area contributed by atoms with Crippen LogP contribution >= 0.6 is 15.9 Å². The Morgan fingerprint density at radius 2 is 1.85 bits per heavy atom. The molecule has 0 saturated heterocycles. The minimum atomic E-state index is 0.408. The third kappa shape index (κ3) is 2.86. The van der Waals surface area contributed by atoms with E-state index in [0.29, 0.717) is 12.2 Å². The molecule has 20 heavy (non-hydrogen) atoms. The van der Waals surface area contributed by atoms with Crippen LogP contribution in [0.3, 0.4) is 0 Å². The normalized spacial score (nSPS) is 10.2. The number of benzene rings is 2. The maximum atomic E-state index is 9.08. The van der Waals surface area contributed by atoms with Crippen molar-refractivity contribution in [1.82, 2.24) is 0 Å². The largest absolute Gasteiger partial charge is 0.489 e. The van der Waals surface area contributed by atoms with Crippen LogP contribution in [0.5, 0.6) is 5.75 Å². The van der Waals surface area contributed by atoms with Gasteiger partial charge in [-0.15, -0.1) is 0 Å². The fourth-order valence-electron chi connectivity index (χ4n) is 2.07. The van der Waals surface area contributed by atoms with E-state index in [1.165, 1.54) is 5.56 Å². The number of rotatable bonds is 3. The molecule has 0 atom stereocenters. The molecule has 0 aromatic heterocycles. The molecule has 0 aliphatic rings. The summed E-state index contributed by atoms with van der Waals surface area (Å²) in [5, 5.41) is 9.08. The average Bonchev–Trinajstić information content (AvgIpc) is 2.47. The number of halogens is 1. The average molecular weight is 330 g/mol. The molecule has 0 saturated carbocycles. The van der Waals surface area contributed by atoms with Crippen LogP contribution in [0.25, 0.3) is 0 Å². The molecule has 0 bridgehead atoms. The van der Waals surface area contributed by atoms with E-state index in [4.69, 9.17) is 10.00 Å². The van der Waals surface area contributed by atoms with Gasteiger partial charge in [0, 0.05) is 10.0 Å². The molecule has 2 aromatic rings. The Morgan fingerprint density at radius 3 is 2.55 bits per heavy atom. The molecule has 0 fully saturated rings. The van der Waals surface area contributed by atoms with E-state index in [-0.39, 0.29) is 0 Å². The Bertz CT molecular complexity index is 686. The van der Waals surface area contributed by atoms with E-state index in [9.17, 15) is 0 Å². The molecule has 0 heterocycles. The number of nitrogens with zero attached hydrogens (tertiary/aromatic N) is 1. The van der Waals surface area contributed by atoms with Crippen molar-refractivity contribution in [3.05, 3.63) is 62.6 Å². The number of ether oxygens (including phenoxy) is 1. The number of hydrogen-bond acceptors (Lipinski definition) is 2. The highest BCUT2D eigenvalue weighted by Gasteiger charge is 2.10. The van der Waals surface area contributed by atoms with Crippen LogP contribution in [0, 0.1) is 32.1 Å². The lowest BCUT2D eigenvalue weighted by atomic mass is 10.1. The lowest BCUT2D eigenvalue weighted by Gasteiger charge is -2.15. The van der Waals surface area contributed by atoms with Crippen LogP contribution in [0.15, 0.2) is 34.8 Å². The van der Waals surface area contributed by atoms with Crippen molar-refractivity contribution >= 4 is 15.9 Å². The van der Waals surface area contributed by atoms with Crippen molar-refractivity contribution < 1.29 is 4.74 Å². The predicted octanol–water partition coefficient (Wildman–Crippen LogP) is 4.83. The van der Waals surface area contributed by atoms with Gasteiger partial charge < -0.3 is 4.74 Å². The van der Waals surface area contributed by atoms with Gasteiger partial charge in [-0.1, -0.05) is 34.1 Å². The predicted molar refractivity (Wildman–Crippen MR) is 83.8 cm³/mol. The summed E-state index contributed by atoms with van der Waals surface area (Å²) in [6.45, 7) is 6.57. The highest BCUT2D eigenvalue weighted by Crippen LogP contribution is 2.31. The van der Waals surface area contributed by atoms with E-state index in [2.05, 4.69) is 28.9 Å². The van der Waals surface area contributed by atoms with Crippen molar-refractivity contribution in [2.24, 2.45) is 0 Å². The summed E-state index contributed by atoms with van der Waals surface area (Å²) < 4.78 is 7.03. The molecule has 0 N–H and O–H groups in total. The van der Waals surface area contributed by atoms with Crippen molar-refractivity contribution in [3.8, 4) is 11.8 Å². The first-order chi connectivity index (χ1) is 9.54. The van der Waals surface area contributed by atoms with E-state index < -0.39 is 0 Å². The number of nitriles is 1. The molecule has 0 aliphatic carbocycles. The highest BCUT2D eigenvalue weighted by atomic mass is 79.9. The summed E-state index contributed by atoms with van der Waals surface area (Å²) >= 11 is 3.58. The van der Waals surface area contributed by atoms with Gasteiger partial charge in [0.2, 0.25) is 0 Å². The molecule has 2 rings (SSSR count). The summed E-state index contributed by atoms with van der Waals surface area (Å²) in [5.74, 6) is 0.871. The highest BCUT2D eigenvalue weighted by molar-refractivity contribution is 9.10. The molecule has 0 spiro atoms. The third-order valence-corrected chi connectivity index (χ3v) is 4.70.